The Morgan fingerprint density at radius 2 is 1.60 bits per heavy atom. The van der Waals surface area contributed by atoms with Gasteiger partial charge >= 0.3 is 0 Å². The number of likely N-dealkylation sites (tertiary alicyclic amines) is 1. The van der Waals surface area contributed by atoms with Crippen molar-refractivity contribution < 1.29 is 0 Å². The molecule has 1 N–H and O–H groups in total. The molecule has 2 fully saturated rings. The molecule has 2 rings (SSSR count). The Kier molecular flexibility index (Phi) is 4.45. The molecule has 2 atom stereocenters. The number of hydrogen-bond acceptors (Lipinski definition) is 2. The van der Waals surface area contributed by atoms with Crippen LogP contribution in [-0.4, -0.2) is 37.1 Å². The largest absolute Gasteiger partial charge is 0.317 e. The van der Waals surface area contributed by atoms with E-state index >= 15 is 0 Å². The zero-order valence-electron chi connectivity index (χ0n) is 10.2. The second-order valence-electron chi connectivity index (χ2n) is 5.26. The monoisotopic (exact) mass is 210 g/mol. The summed E-state index contributed by atoms with van der Waals surface area (Å²) in [6.45, 7) is 2.72. The van der Waals surface area contributed by atoms with Crippen molar-refractivity contribution in [3.63, 3.8) is 0 Å². The van der Waals surface area contributed by atoms with Gasteiger partial charge in [0, 0.05) is 12.1 Å². The van der Waals surface area contributed by atoms with E-state index in [0.717, 1.165) is 12.1 Å². The highest BCUT2D eigenvalue weighted by atomic mass is 15.2. The summed E-state index contributed by atoms with van der Waals surface area (Å²) >= 11 is 0. The Hall–Kier alpha value is -0.0800. The molecule has 1 saturated carbocycles. The molecule has 0 amide bonds. The molecule has 1 aliphatic heterocycles. The van der Waals surface area contributed by atoms with Crippen LogP contribution >= 0.6 is 0 Å². The third kappa shape index (κ3) is 3.18. The molecule has 1 aliphatic carbocycles. The van der Waals surface area contributed by atoms with Crippen LogP contribution in [0.15, 0.2) is 0 Å². The smallest absolute Gasteiger partial charge is 0.0111 e. The average molecular weight is 210 g/mol. The first-order valence-corrected chi connectivity index (χ1v) is 6.81. The molecule has 0 radical (unpaired) electrons. The van der Waals surface area contributed by atoms with E-state index in [0.29, 0.717) is 0 Å². The molecule has 1 saturated heterocycles. The minimum atomic E-state index is 0.792. The van der Waals surface area contributed by atoms with Gasteiger partial charge in [0.1, 0.15) is 0 Å². The molecule has 1 heterocycles. The molecule has 0 aromatic rings. The van der Waals surface area contributed by atoms with Gasteiger partial charge in [-0.25, -0.2) is 0 Å². The quantitative estimate of drug-likeness (QED) is 0.753. The predicted molar refractivity (Wildman–Crippen MR) is 65.1 cm³/mol. The van der Waals surface area contributed by atoms with Crippen LogP contribution < -0.4 is 5.32 Å². The molecule has 2 unspecified atom stereocenters. The van der Waals surface area contributed by atoms with E-state index in [1.165, 1.54) is 64.5 Å². The molecular formula is C13H26N2. The van der Waals surface area contributed by atoms with Gasteiger partial charge in [0.2, 0.25) is 0 Å². The standard InChI is InChI=1S/C13H26N2/c1-14-12-7-8-13(11-12)15-9-5-3-2-4-6-10-15/h12-14H,2-11H2,1H3. The maximum Gasteiger partial charge on any atom is 0.0111 e. The SMILES string of the molecule is CNC1CCC(N2CCCCCCC2)C1. The van der Waals surface area contributed by atoms with E-state index in [4.69, 9.17) is 0 Å². The molecule has 2 nitrogen and oxygen atoms in total. The second kappa shape index (κ2) is 5.86. The van der Waals surface area contributed by atoms with E-state index in [1.54, 1.807) is 0 Å². The fourth-order valence-corrected chi connectivity index (χ4v) is 3.19. The molecule has 2 heteroatoms. The van der Waals surface area contributed by atoms with Gasteiger partial charge in [0.15, 0.2) is 0 Å². The number of hydrogen-bond donors (Lipinski definition) is 1. The van der Waals surface area contributed by atoms with Crippen LogP contribution in [0, 0.1) is 0 Å². The summed E-state index contributed by atoms with van der Waals surface area (Å²) in [5.41, 5.74) is 0. The first-order valence-electron chi connectivity index (χ1n) is 6.81. The van der Waals surface area contributed by atoms with Crippen LogP contribution in [0.25, 0.3) is 0 Å². The number of nitrogens with one attached hydrogen (secondary N) is 1. The summed E-state index contributed by atoms with van der Waals surface area (Å²) < 4.78 is 0. The highest BCUT2D eigenvalue weighted by molar-refractivity contribution is 4.86. The zero-order chi connectivity index (χ0) is 10.5. The van der Waals surface area contributed by atoms with E-state index in [1.807, 2.05) is 0 Å². The van der Waals surface area contributed by atoms with Gasteiger partial charge in [-0.1, -0.05) is 19.3 Å². The summed E-state index contributed by atoms with van der Waals surface area (Å²) in [6.07, 6.45) is 11.4. The molecule has 0 spiro atoms. The highest BCUT2D eigenvalue weighted by Crippen LogP contribution is 2.25. The van der Waals surface area contributed by atoms with Crippen molar-refractivity contribution in [3.05, 3.63) is 0 Å². The molecule has 2 aliphatic rings. The third-order valence-corrected chi connectivity index (χ3v) is 4.22. The number of nitrogens with zero attached hydrogens (tertiary/aromatic N) is 1. The Balaban J connectivity index is 1.80. The molecule has 88 valence electrons. The minimum absolute atomic E-state index is 0.792. The summed E-state index contributed by atoms with van der Waals surface area (Å²) in [5.74, 6) is 0. The predicted octanol–water partition coefficient (Wildman–Crippen LogP) is 2.39. The van der Waals surface area contributed by atoms with Crippen LogP contribution in [0.4, 0.5) is 0 Å². The van der Waals surface area contributed by atoms with Crippen molar-refractivity contribution in [2.75, 3.05) is 20.1 Å². The lowest BCUT2D eigenvalue weighted by molar-refractivity contribution is 0.179. The van der Waals surface area contributed by atoms with Gasteiger partial charge < -0.3 is 10.2 Å². The van der Waals surface area contributed by atoms with E-state index in [2.05, 4.69) is 17.3 Å². The first-order chi connectivity index (χ1) is 7.40. The summed E-state index contributed by atoms with van der Waals surface area (Å²) in [5, 5.41) is 3.43. The Morgan fingerprint density at radius 1 is 0.933 bits per heavy atom. The third-order valence-electron chi connectivity index (χ3n) is 4.22. The van der Waals surface area contributed by atoms with Crippen LogP contribution in [0.2, 0.25) is 0 Å². The molecule has 0 aromatic heterocycles. The van der Waals surface area contributed by atoms with E-state index in [9.17, 15) is 0 Å². The van der Waals surface area contributed by atoms with Gasteiger partial charge in [-0.15, -0.1) is 0 Å². The first kappa shape index (κ1) is 11.4. The van der Waals surface area contributed by atoms with Crippen molar-refractivity contribution in [2.24, 2.45) is 0 Å². The lowest BCUT2D eigenvalue weighted by atomic mass is 10.1. The fourth-order valence-electron chi connectivity index (χ4n) is 3.19. The van der Waals surface area contributed by atoms with Gasteiger partial charge in [-0.2, -0.15) is 0 Å². The highest BCUT2D eigenvalue weighted by Gasteiger charge is 2.27. The van der Waals surface area contributed by atoms with Crippen molar-refractivity contribution in [3.8, 4) is 0 Å². The van der Waals surface area contributed by atoms with Gasteiger partial charge in [0.25, 0.3) is 0 Å². The maximum absolute atomic E-state index is 3.43. The second-order valence-corrected chi connectivity index (χ2v) is 5.26. The van der Waals surface area contributed by atoms with Crippen molar-refractivity contribution in [2.45, 2.75) is 63.5 Å². The van der Waals surface area contributed by atoms with Crippen LogP contribution in [0.3, 0.4) is 0 Å². The van der Waals surface area contributed by atoms with Crippen LogP contribution in [0.5, 0.6) is 0 Å². The zero-order valence-corrected chi connectivity index (χ0v) is 10.2. The average Bonchev–Trinajstić information content (AvgIpc) is 2.65. The van der Waals surface area contributed by atoms with Crippen molar-refractivity contribution in [1.82, 2.24) is 10.2 Å². The topological polar surface area (TPSA) is 15.3 Å². The van der Waals surface area contributed by atoms with Crippen molar-refractivity contribution in [1.29, 1.82) is 0 Å². The molecule has 15 heavy (non-hydrogen) atoms. The lowest BCUT2D eigenvalue weighted by Gasteiger charge is -2.30. The Bertz CT molecular complexity index is 173. The van der Waals surface area contributed by atoms with Crippen LogP contribution in [0.1, 0.15) is 51.4 Å². The van der Waals surface area contributed by atoms with Crippen LogP contribution in [-0.2, 0) is 0 Å². The molecule has 0 aromatic carbocycles. The Labute approximate surface area is 94.4 Å². The Morgan fingerprint density at radius 3 is 2.20 bits per heavy atom. The van der Waals surface area contributed by atoms with E-state index in [-0.39, 0.29) is 0 Å². The lowest BCUT2D eigenvalue weighted by Crippen LogP contribution is -2.37. The van der Waals surface area contributed by atoms with Crippen molar-refractivity contribution >= 4 is 0 Å². The van der Waals surface area contributed by atoms with Gasteiger partial charge in [-0.3, -0.25) is 0 Å². The maximum atomic E-state index is 3.43. The molecular weight excluding hydrogens is 184 g/mol. The fraction of sp³-hybridized carbons (Fsp3) is 1.00. The molecule has 0 bridgehead atoms. The summed E-state index contributed by atoms with van der Waals surface area (Å²) in [7, 11) is 2.11. The number of rotatable bonds is 2. The van der Waals surface area contributed by atoms with Gasteiger partial charge in [0.05, 0.1) is 0 Å². The normalized spacial score (nSPS) is 35.0. The summed E-state index contributed by atoms with van der Waals surface area (Å²) in [4.78, 5) is 2.77. The minimum Gasteiger partial charge on any atom is -0.317 e. The van der Waals surface area contributed by atoms with Gasteiger partial charge in [-0.05, 0) is 52.2 Å². The summed E-state index contributed by atoms with van der Waals surface area (Å²) in [6, 6.07) is 1.68. The van der Waals surface area contributed by atoms with E-state index < -0.39 is 0 Å².